The van der Waals surface area contributed by atoms with Crippen LogP contribution in [0.2, 0.25) is 0 Å². The first kappa shape index (κ1) is 13.4. The Labute approximate surface area is 101 Å². The molecule has 0 unspecified atom stereocenters. The lowest BCUT2D eigenvalue weighted by atomic mass is 10.2. The van der Waals surface area contributed by atoms with Gasteiger partial charge in [0.2, 0.25) is 5.91 Å². The van der Waals surface area contributed by atoms with Crippen LogP contribution < -0.4 is 5.32 Å². The van der Waals surface area contributed by atoms with Gasteiger partial charge in [0.1, 0.15) is 0 Å². The molecule has 5 heteroatoms. The van der Waals surface area contributed by atoms with E-state index in [0.717, 1.165) is 5.56 Å². The number of sulfone groups is 1. The lowest BCUT2D eigenvalue weighted by Gasteiger charge is -2.01. The number of carbonyl (C=O) groups is 1. The number of nitrogens with one attached hydrogen (secondary N) is 1. The first-order valence-electron chi connectivity index (χ1n) is 5.21. The molecule has 0 aromatic heterocycles. The van der Waals surface area contributed by atoms with Gasteiger partial charge < -0.3 is 5.32 Å². The summed E-state index contributed by atoms with van der Waals surface area (Å²) in [7, 11) is -3.10. The van der Waals surface area contributed by atoms with Crippen molar-refractivity contribution in [2.75, 3.05) is 11.1 Å². The van der Waals surface area contributed by atoms with Crippen molar-refractivity contribution in [3.05, 3.63) is 35.2 Å². The van der Waals surface area contributed by atoms with Crippen molar-refractivity contribution >= 4 is 27.5 Å². The molecule has 0 saturated carbocycles. The van der Waals surface area contributed by atoms with Crippen LogP contribution in [0.3, 0.4) is 0 Å². The second-order valence-corrected chi connectivity index (χ2v) is 5.73. The second kappa shape index (κ2) is 5.63. The molecule has 4 nitrogen and oxygen atoms in total. The van der Waals surface area contributed by atoms with Crippen molar-refractivity contribution in [1.29, 1.82) is 0 Å². The average Bonchev–Trinajstić information content (AvgIpc) is 2.28. The van der Waals surface area contributed by atoms with E-state index < -0.39 is 9.84 Å². The van der Waals surface area contributed by atoms with Crippen molar-refractivity contribution < 1.29 is 13.2 Å². The van der Waals surface area contributed by atoms with Crippen LogP contribution >= 0.6 is 0 Å². The Hall–Kier alpha value is -1.62. The summed E-state index contributed by atoms with van der Waals surface area (Å²) in [6.45, 7) is 3.03. The molecule has 0 aliphatic rings. The SMILES string of the molecule is CCS(=O)(=O)/C=C/c1ccc(NC(C)=O)cc1. The van der Waals surface area contributed by atoms with E-state index in [2.05, 4.69) is 5.32 Å². The highest BCUT2D eigenvalue weighted by Gasteiger charge is 2.00. The van der Waals surface area contributed by atoms with Crippen molar-refractivity contribution in [3.63, 3.8) is 0 Å². The number of anilines is 1. The fourth-order valence-corrected chi connectivity index (χ4v) is 1.72. The zero-order valence-electron chi connectivity index (χ0n) is 9.80. The molecule has 0 fully saturated rings. The van der Waals surface area contributed by atoms with Gasteiger partial charge in [-0.3, -0.25) is 4.79 Å². The van der Waals surface area contributed by atoms with Crippen molar-refractivity contribution in [2.45, 2.75) is 13.8 Å². The zero-order valence-corrected chi connectivity index (χ0v) is 10.6. The Balaban J connectivity index is 2.79. The van der Waals surface area contributed by atoms with Crippen LogP contribution in [0.5, 0.6) is 0 Å². The van der Waals surface area contributed by atoms with Gasteiger partial charge in [-0.2, -0.15) is 0 Å². The molecule has 0 aliphatic carbocycles. The molecular formula is C12H15NO3S. The van der Waals surface area contributed by atoms with E-state index >= 15 is 0 Å². The topological polar surface area (TPSA) is 63.2 Å². The minimum atomic E-state index is -3.10. The Kier molecular flexibility index (Phi) is 4.45. The first-order chi connectivity index (χ1) is 7.93. The summed E-state index contributed by atoms with van der Waals surface area (Å²) in [6.07, 6.45) is 1.54. The molecule has 17 heavy (non-hydrogen) atoms. The number of amides is 1. The van der Waals surface area contributed by atoms with E-state index in [-0.39, 0.29) is 11.7 Å². The van der Waals surface area contributed by atoms with E-state index in [9.17, 15) is 13.2 Å². The Bertz CT molecular complexity index is 515. The van der Waals surface area contributed by atoms with Gasteiger partial charge in [-0.25, -0.2) is 8.42 Å². The highest BCUT2D eigenvalue weighted by molar-refractivity contribution is 7.94. The Morgan fingerprint density at radius 3 is 2.35 bits per heavy atom. The standard InChI is InChI=1S/C12H15NO3S/c1-3-17(15,16)9-8-11-4-6-12(7-5-11)13-10(2)14/h4-9H,3H2,1-2H3,(H,13,14)/b9-8+. The largest absolute Gasteiger partial charge is 0.326 e. The third kappa shape index (κ3) is 4.82. The Morgan fingerprint density at radius 2 is 1.88 bits per heavy atom. The summed E-state index contributed by atoms with van der Waals surface area (Å²) in [5.74, 6) is -0.0464. The normalized spacial score (nSPS) is 11.6. The summed E-state index contributed by atoms with van der Waals surface area (Å²) >= 11 is 0. The van der Waals surface area contributed by atoms with Crippen molar-refractivity contribution in [2.24, 2.45) is 0 Å². The van der Waals surface area contributed by atoms with E-state index in [1.807, 2.05) is 0 Å². The highest BCUT2D eigenvalue weighted by Crippen LogP contribution is 2.11. The third-order valence-corrected chi connectivity index (χ3v) is 3.46. The minimum absolute atomic E-state index is 0.0907. The summed E-state index contributed by atoms with van der Waals surface area (Å²) in [6, 6.07) is 6.93. The molecule has 1 N–H and O–H groups in total. The van der Waals surface area contributed by atoms with Crippen molar-refractivity contribution in [1.82, 2.24) is 0 Å². The predicted molar refractivity (Wildman–Crippen MR) is 69.2 cm³/mol. The zero-order chi connectivity index (χ0) is 12.9. The minimum Gasteiger partial charge on any atom is -0.326 e. The molecule has 0 bridgehead atoms. The van der Waals surface area contributed by atoms with Gasteiger partial charge in [-0.1, -0.05) is 19.1 Å². The molecule has 1 amide bonds. The van der Waals surface area contributed by atoms with Gasteiger partial charge in [0.15, 0.2) is 9.84 Å². The maximum Gasteiger partial charge on any atom is 0.221 e. The van der Waals surface area contributed by atoms with Gasteiger partial charge in [-0.05, 0) is 23.8 Å². The molecule has 0 atom stereocenters. The molecule has 0 aliphatic heterocycles. The van der Waals surface area contributed by atoms with E-state index in [4.69, 9.17) is 0 Å². The number of carbonyl (C=O) groups excluding carboxylic acids is 1. The highest BCUT2D eigenvalue weighted by atomic mass is 32.2. The smallest absolute Gasteiger partial charge is 0.221 e. The summed E-state index contributed by atoms with van der Waals surface area (Å²) in [4.78, 5) is 10.8. The maximum atomic E-state index is 11.2. The molecule has 1 rings (SSSR count). The monoisotopic (exact) mass is 253 g/mol. The average molecular weight is 253 g/mol. The second-order valence-electron chi connectivity index (χ2n) is 3.56. The maximum absolute atomic E-state index is 11.2. The predicted octanol–water partition coefficient (Wildman–Crippen LogP) is 2.05. The molecule has 0 heterocycles. The Morgan fingerprint density at radius 1 is 1.29 bits per heavy atom. The number of hydrogen-bond acceptors (Lipinski definition) is 3. The van der Waals surface area contributed by atoms with Gasteiger partial charge >= 0.3 is 0 Å². The van der Waals surface area contributed by atoms with Gasteiger partial charge in [0, 0.05) is 18.0 Å². The third-order valence-electron chi connectivity index (χ3n) is 2.10. The lowest BCUT2D eigenvalue weighted by molar-refractivity contribution is -0.114. The van der Waals surface area contributed by atoms with Crippen LogP contribution in [-0.4, -0.2) is 20.1 Å². The van der Waals surface area contributed by atoms with Crippen LogP contribution in [0.25, 0.3) is 6.08 Å². The summed E-state index contributed by atoms with van der Waals surface area (Å²) < 4.78 is 22.5. The molecule has 1 aromatic carbocycles. The molecule has 92 valence electrons. The first-order valence-corrected chi connectivity index (χ1v) is 6.93. The van der Waals surface area contributed by atoms with Crippen LogP contribution in [0.15, 0.2) is 29.7 Å². The molecular weight excluding hydrogens is 238 g/mol. The fourth-order valence-electron chi connectivity index (χ4n) is 1.16. The summed E-state index contributed by atoms with van der Waals surface area (Å²) in [5, 5.41) is 3.83. The molecule has 0 saturated heterocycles. The quantitative estimate of drug-likeness (QED) is 0.893. The van der Waals surface area contributed by atoms with Crippen LogP contribution in [0.1, 0.15) is 19.4 Å². The van der Waals surface area contributed by atoms with Gasteiger partial charge in [-0.15, -0.1) is 0 Å². The van der Waals surface area contributed by atoms with Crippen LogP contribution in [0, 0.1) is 0 Å². The van der Waals surface area contributed by atoms with Crippen LogP contribution in [-0.2, 0) is 14.6 Å². The van der Waals surface area contributed by atoms with Gasteiger partial charge in [0.05, 0.1) is 5.75 Å². The molecule has 0 spiro atoms. The summed E-state index contributed by atoms with van der Waals surface area (Å²) in [5.41, 5.74) is 1.46. The fraction of sp³-hybridized carbons (Fsp3) is 0.250. The van der Waals surface area contributed by atoms with Gasteiger partial charge in [0.25, 0.3) is 0 Å². The van der Waals surface area contributed by atoms with E-state index in [0.29, 0.717) is 5.69 Å². The molecule has 1 aromatic rings. The number of rotatable bonds is 4. The molecule has 0 radical (unpaired) electrons. The van der Waals surface area contributed by atoms with Crippen LogP contribution in [0.4, 0.5) is 5.69 Å². The number of hydrogen-bond donors (Lipinski definition) is 1. The number of benzene rings is 1. The van der Waals surface area contributed by atoms with Crippen molar-refractivity contribution in [3.8, 4) is 0 Å². The van der Waals surface area contributed by atoms with E-state index in [1.165, 1.54) is 18.4 Å². The lowest BCUT2D eigenvalue weighted by Crippen LogP contribution is -2.05. The van der Waals surface area contributed by atoms with E-state index in [1.54, 1.807) is 31.2 Å².